The average Bonchev–Trinajstić information content (AvgIpc) is 3.05. The third-order valence-electron chi connectivity index (χ3n) is 4.32. The molecule has 124 valence electrons. The van der Waals surface area contributed by atoms with Gasteiger partial charge in [0.05, 0.1) is 18.7 Å². The number of rotatable bonds is 5. The molecule has 0 aliphatic rings. The summed E-state index contributed by atoms with van der Waals surface area (Å²) in [4.78, 5) is 13.7. The van der Waals surface area contributed by atoms with Crippen LogP contribution in [-0.4, -0.2) is 25.0 Å². The van der Waals surface area contributed by atoms with Gasteiger partial charge in [0.25, 0.3) is 0 Å². The lowest BCUT2D eigenvalue weighted by atomic mass is 10.1. The summed E-state index contributed by atoms with van der Waals surface area (Å²) in [6.07, 6.45) is 0. The smallest absolute Gasteiger partial charge is 0.337 e. The Bertz CT molecular complexity index is 802. The highest BCUT2D eigenvalue weighted by Crippen LogP contribution is 2.27. The highest BCUT2D eigenvalue weighted by molar-refractivity contribution is 5.89. The molecule has 1 aromatic heterocycles. The molecule has 4 heteroatoms. The zero-order valence-electron chi connectivity index (χ0n) is 14.2. The lowest BCUT2D eigenvalue weighted by molar-refractivity contribution is 0.0600. The molecule has 1 atom stereocenters. The average molecular weight is 323 g/mol. The monoisotopic (exact) mass is 323 g/mol. The van der Waals surface area contributed by atoms with Crippen LogP contribution in [0.1, 0.15) is 34.6 Å². The van der Waals surface area contributed by atoms with Crippen molar-refractivity contribution in [3.8, 4) is 0 Å². The first-order valence-corrected chi connectivity index (χ1v) is 7.94. The summed E-state index contributed by atoms with van der Waals surface area (Å²) >= 11 is 0. The van der Waals surface area contributed by atoms with E-state index in [0.717, 1.165) is 28.8 Å². The number of furan rings is 1. The minimum atomic E-state index is -0.314. The van der Waals surface area contributed by atoms with Crippen LogP contribution in [0.2, 0.25) is 0 Å². The fraction of sp³-hybridized carbons (Fsp3) is 0.250. The maximum absolute atomic E-state index is 11.5. The number of ether oxygens (including phenoxy) is 1. The van der Waals surface area contributed by atoms with Gasteiger partial charge in [-0.1, -0.05) is 30.3 Å². The van der Waals surface area contributed by atoms with E-state index in [2.05, 4.69) is 31.0 Å². The van der Waals surface area contributed by atoms with E-state index in [1.165, 1.54) is 7.11 Å². The molecule has 0 fully saturated rings. The van der Waals surface area contributed by atoms with Crippen molar-refractivity contribution < 1.29 is 13.9 Å². The number of nitrogens with zero attached hydrogens (tertiary/aromatic N) is 1. The lowest BCUT2D eigenvalue weighted by Crippen LogP contribution is -2.21. The molecule has 0 radical (unpaired) electrons. The summed E-state index contributed by atoms with van der Waals surface area (Å²) in [5, 5.41) is 1.12. The van der Waals surface area contributed by atoms with Crippen molar-refractivity contribution in [1.82, 2.24) is 4.90 Å². The van der Waals surface area contributed by atoms with Gasteiger partial charge in [-0.2, -0.15) is 0 Å². The number of fused-ring (bicyclic) bond motifs is 1. The zero-order valence-corrected chi connectivity index (χ0v) is 14.2. The number of methoxy groups -OCH3 is 1. The molecule has 2 aromatic carbocycles. The highest BCUT2D eigenvalue weighted by Gasteiger charge is 2.16. The van der Waals surface area contributed by atoms with Gasteiger partial charge in [-0.25, -0.2) is 4.79 Å². The van der Waals surface area contributed by atoms with E-state index in [1.807, 2.05) is 30.3 Å². The van der Waals surface area contributed by atoms with Crippen molar-refractivity contribution in [1.29, 1.82) is 0 Å². The number of esters is 1. The summed E-state index contributed by atoms with van der Waals surface area (Å²) in [6, 6.07) is 17.8. The molecule has 1 heterocycles. The van der Waals surface area contributed by atoms with Crippen molar-refractivity contribution in [3.05, 3.63) is 71.5 Å². The van der Waals surface area contributed by atoms with Gasteiger partial charge in [-0.3, -0.25) is 4.90 Å². The first-order valence-electron chi connectivity index (χ1n) is 7.94. The largest absolute Gasteiger partial charge is 0.465 e. The van der Waals surface area contributed by atoms with Crippen LogP contribution in [0.4, 0.5) is 0 Å². The highest BCUT2D eigenvalue weighted by atomic mass is 16.5. The third-order valence-corrected chi connectivity index (χ3v) is 4.32. The fourth-order valence-electron chi connectivity index (χ4n) is 2.71. The Morgan fingerprint density at radius 1 is 1.17 bits per heavy atom. The number of carbonyl (C=O) groups is 1. The van der Waals surface area contributed by atoms with Crippen LogP contribution in [0.15, 0.2) is 59.0 Å². The summed E-state index contributed by atoms with van der Waals surface area (Å²) in [6.45, 7) is 2.89. The van der Waals surface area contributed by atoms with E-state index in [-0.39, 0.29) is 12.0 Å². The predicted octanol–water partition coefficient (Wildman–Crippen LogP) is 4.41. The summed E-state index contributed by atoms with van der Waals surface area (Å²) in [7, 11) is 3.45. The first-order chi connectivity index (χ1) is 11.6. The van der Waals surface area contributed by atoms with E-state index in [4.69, 9.17) is 9.15 Å². The molecule has 4 nitrogen and oxygen atoms in total. The molecule has 0 aliphatic heterocycles. The number of hydrogen-bond donors (Lipinski definition) is 0. The summed E-state index contributed by atoms with van der Waals surface area (Å²) in [5.74, 6) is 0.635. The molecule has 0 aliphatic carbocycles. The van der Waals surface area contributed by atoms with Crippen molar-refractivity contribution >= 4 is 16.9 Å². The normalized spacial score (nSPS) is 12.5. The maximum atomic E-state index is 11.5. The van der Waals surface area contributed by atoms with Gasteiger partial charge in [0, 0.05) is 11.9 Å². The Hall–Kier alpha value is -2.59. The fourth-order valence-corrected chi connectivity index (χ4v) is 2.71. The van der Waals surface area contributed by atoms with Crippen LogP contribution in [-0.2, 0) is 11.3 Å². The molecule has 0 N–H and O–H groups in total. The Kier molecular flexibility index (Phi) is 4.67. The quantitative estimate of drug-likeness (QED) is 0.652. The standard InChI is InChI=1S/C20H21NO3/c1-14(19-12-17-6-4-5-7-18(17)24-19)21(2)13-15-8-10-16(11-9-15)20(22)23-3/h4-12,14H,13H2,1-3H3. The number of carbonyl (C=O) groups excluding carboxylic acids is 1. The molecule has 0 amide bonds. The predicted molar refractivity (Wildman–Crippen MR) is 93.9 cm³/mol. The molecular formula is C20H21NO3. The molecule has 24 heavy (non-hydrogen) atoms. The second-order valence-corrected chi connectivity index (χ2v) is 5.97. The molecule has 3 rings (SSSR count). The van der Waals surface area contributed by atoms with Gasteiger partial charge < -0.3 is 9.15 Å². The van der Waals surface area contributed by atoms with Crippen LogP contribution in [0.3, 0.4) is 0 Å². The van der Waals surface area contributed by atoms with Gasteiger partial charge in [-0.05, 0) is 43.8 Å². The topological polar surface area (TPSA) is 42.7 Å². The summed E-state index contributed by atoms with van der Waals surface area (Å²) < 4.78 is 10.7. The van der Waals surface area contributed by atoms with Crippen molar-refractivity contribution in [2.45, 2.75) is 19.5 Å². The number of benzene rings is 2. The molecule has 0 saturated heterocycles. The summed E-state index contributed by atoms with van der Waals surface area (Å²) in [5.41, 5.74) is 2.61. The first kappa shape index (κ1) is 16.3. The molecule has 0 bridgehead atoms. The van der Waals surface area contributed by atoms with Gasteiger partial charge in [0.15, 0.2) is 0 Å². The Balaban J connectivity index is 1.71. The lowest BCUT2D eigenvalue weighted by Gasteiger charge is -2.23. The SMILES string of the molecule is COC(=O)c1ccc(CN(C)C(C)c2cc3ccccc3o2)cc1. The van der Waals surface area contributed by atoms with E-state index < -0.39 is 0 Å². The zero-order chi connectivity index (χ0) is 17.1. The van der Waals surface area contributed by atoms with Crippen LogP contribution >= 0.6 is 0 Å². The molecule has 0 spiro atoms. The van der Waals surface area contributed by atoms with Crippen molar-refractivity contribution in [2.75, 3.05) is 14.2 Å². The second-order valence-electron chi connectivity index (χ2n) is 5.97. The van der Waals surface area contributed by atoms with E-state index >= 15 is 0 Å². The Morgan fingerprint density at radius 3 is 2.54 bits per heavy atom. The van der Waals surface area contributed by atoms with Crippen LogP contribution in [0.25, 0.3) is 11.0 Å². The second kappa shape index (κ2) is 6.89. The third kappa shape index (κ3) is 3.34. The maximum Gasteiger partial charge on any atom is 0.337 e. The molecule has 0 saturated carbocycles. The minimum absolute atomic E-state index is 0.151. The van der Waals surface area contributed by atoms with E-state index in [1.54, 1.807) is 12.1 Å². The van der Waals surface area contributed by atoms with Crippen molar-refractivity contribution in [3.63, 3.8) is 0 Å². The van der Waals surface area contributed by atoms with E-state index in [9.17, 15) is 4.79 Å². The van der Waals surface area contributed by atoms with E-state index in [0.29, 0.717) is 5.56 Å². The number of para-hydroxylation sites is 1. The number of hydrogen-bond acceptors (Lipinski definition) is 4. The van der Waals surface area contributed by atoms with Crippen molar-refractivity contribution in [2.24, 2.45) is 0 Å². The molecular weight excluding hydrogens is 302 g/mol. The molecule has 3 aromatic rings. The van der Waals surface area contributed by atoms with Gasteiger partial charge in [-0.15, -0.1) is 0 Å². The Labute approximate surface area is 141 Å². The van der Waals surface area contributed by atoms with Gasteiger partial charge >= 0.3 is 5.97 Å². The van der Waals surface area contributed by atoms with Gasteiger partial charge in [0.1, 0.15) is 11.3 Å². The van der Waals surface area contributed by atoms with Crippen LogP contribution in [0, 0.1) is 0 Å². The van der Waals surface area contributed by atoms with Crippen LogP contribution in [0.5, 0.6) is 0 Å². The van der Waals surface area contributed by atoms with Gasteiger partial charge in [0.2, 0.25) is 0 Å². The molecule has 1 unspecified atom stereocenters. The minimum Gasteiger partial charge on any atom is -0.465 e. The Morgan fingerprint density at radius 2 is 1.88 bits per heavy atom. The van der Waals surface area contributed by atoms with Crippen LogP contribution < -0.4 is 0 Å².